The van der Waals surface area contributed by atoms with Crippen molar-refractivity contribution >= 4 is 44.9 Å². The van der Waals surface area contributed by atoms with Gasteiger partial charge in [-0.15, -0.1) is 11.3 Å². The lowest BCUT2D eigenvalue weighted by atomic mass is 9.97. The molecular formula is C34H34N8O4S. The van der Waals surface area contributed by atoms with Gasteiger partial charge in [0.25, 0.3) is 11.1 Å². The largest absolute Gasteiger partial charge is 0.378 e. The minimum absolute atomic E-state index is 0.227. The maximum absolute atomic E-state index is 13.9. The molecule has 5 aromatic rings. The third-order valence-electron chi connectivity index (χ3n) is 9.49. The van der Waals surface area contributed by atoms with Gasteiger partial charge in [0.05, 0.1) is 37.3 Å². The highest BCUT2D eigenvalue weighted by Gasteiger charge is 2.29. The second-order valence-electron chi connectivity index (χ2n) is 12.3. The van der Waals surface area contributed by atoms with Crippen LogP contribution in [0.1, 0.15) is 33.6 Å². The molecule has 0 bridgehead atoms. The third kappa shape index (κ3) is 5.33. The number of fused-ring (bicyclic) bond motifs is 3. The highest BCUT2D eigenvalue weighted by Crippen LogP contribution is 2.35. The van der Waals surface area contributed by atoms with Crippen LogP contribution in [0.2, 0.25) is 0 Å². The molecule has 1 N–H and O–H groups in total. The molecular weight excluding hydrogens is 616 g/mol. The summed E-state index contributed by atoms with van der Waals surface area (Å²) in [7, 11) is 1.65. The summed E-state index contributed by atoms with van der Waals surface area (Å²) in [5, 5.41) is 8.62. The van der Waals surface area contributed by atoms with E-state index in [0.29, 0.717) is 33.2 Å². The number of piperazine rings is 1. The molecule has 0 radical (unpaired) electrons. The molecule has 0 amide bonds. The van der Waals surface area contributed by atoms with E-state index in [1.54, 1.807) is 31.6 Å². The van der Waals surface area contributed by atoms with Crippen molar-refractivity contribution in [1.29, 1.82) is 0 Å². The number of aryl methyl sites for hydroxylation is 3. The molecule has 0 aromatic carbocycles. The van der Waals surface area contributed by atoms with Crippen LogP contribution >= 0.6 is 11.3 Å². The lowest BCUT2D eigenvalue weighted by Crippen LogP contribution is -2.56. The molecule has 0 saturated carbocycles. The average Bonchev–Trinajstić information content (AvgIpc) is 3.46. The van der Waals surface area contributed by atoms with Crippen LogP contribution in [-0.4, -0.2) is 80.9 Å². The summed E-state index contributed by atoms with van der Waals surface area (Å²) in [6.45, 7) is 5.45. The van der Waals surface area contributed by atoms with E-state index >= 15 is 0 Å². The highest BCUT2D eigenvalue weighted by atomic mass is 32.1. The van der Waals surface area contributed by atoms with Crippen molar-refractivity contribution in [2.45, 2.75) is 31.7 Å². The molecule has 0 spiro atoms. The Bertz CT molecular complexity index is 2110. The molecule has 7 heterocycles. The first-order chi connectivity index (χ1) is 23.0. The molecule has 47 heavy (non-hydrogen) atoms. The van der Waals surface area contributed by atoms with Gasteiger partial charge in [0.15, 0.2) is 12.1 Å². The Kier molecular flexibility index (Phi) is 7.66. The molecule has 1 aliphatic carbocycles. The number of nitrogens with one attached hydrogen (secondary N) is 1. The van der Waals surface area contributed by atoms with E-state index in [1.165, 1.54) is 37.2 Å². The van der Waals surface area contributed by atoms with Crippen molar-refractivity contribution in [3.63, 3.8) is 0 Å². The first-order valence-electron chi connectivity index (χ1n) is 16.0. The Morgan fingerprint density at radius 3 is 2.57 bits per heavy atom. The minimum atomic E-state index is -0.273. The van der Waals surface area contributed by atoms with Crippen molar-refractivity contribution in [2.24, 2.45) is 7.05 Å². The quantitative estimate of drug-likeness (QED) is 0.261. The first-order valence-corrected chi connectivity index (χ1v) is 16.8. The fourth-order valence-electron chi connectivity index (χ4n) is 6.82. The second kappa shape index (κ2) is 12.1. The van der Waals surface area contributed by atoms with Gasteiger partial charge < -0.3 is 19.5 Å². The lowest BCUT2D eigenvalue weighted by molar-refractivity contribution is -0.0660. The number of aldehydes is 1. The SMILES string of the molecule is Cn1cc(-c2c(C=O)ccnc2-n2ncc3c4c(sc3c2=O)CCCC4)cc(Nc2ccc(N3CCN(C4COC4)CC3)cn2)c1=O. The number of ether oxygens (including phenoxy) is 1. The summed E-state index contributed by atoms with van der Waals surface area (Å²) >= 11 is 1.53. The smallest absolute Gasteiger partial charge is 0.290 e. The lowest BCUT2D eigenvalue weighted by Gasteiger charge is -2.43. The molecule has 0 atom stereocenters. The number of hydrogen-bond acceptors (Lipinski definition) is 11. The van der Waals surface area contributed by atoms with E-state index < -0.39 is 0 Å². The van der Waals surface area contributed by atoms with Gasteiger partial charge in [0, 0.05) is 72.6 Å². The highest BCUT2D eigenvalue weighted by molar-refractivity contribution is 7.19. The molecule has 8 rings (SSSR count). The number of thiophene rings is 1. The maximum Gasteiger partial charge on any atom is 0.290 e. The van der Waals surface area contributed by atoms with E-state index in [9.17, 15) is 14.4 Å². The van der Waals surface area contributed by atoms with Crippen LogP contribution in [0, 0.1) is 0 Å². The summed E-state index contributed by atoms with van der Waals surface area (Å²) in [5.41, 5.74) is 3.25. The molecule has 2 aliphatic heterocycles. The summed E-state index contributed by atoms with van der Waals surface area (Å²) in [4.78, 5) is 54.7. The van der Waals surface area contributed by atoms with Crippen LogP contribution < -0.4 is 21.3 Å². The van der Waals surface area contributed by atoms with Gasteiger partial charge in [-0.1, -0.05) is 0 Å². The number of nitrogens with zero attached hydrogens (tertiary/aromatic N) is 7. The van der Waals surface area contributed by atoms with Crippen LogP contribution in [0.3, 0.4) is 0 Å². The number of carbonyl (C=O) groups is 1. The predicted molar refractivity (Wildman–Crippen MR) is 182 cm³/mol. The molecule has 240 valence electrons. The molecule has 3 aliphatic rings. The van der Waals surface area contributed by atoms with E-state index in [4.69, 9.17) is 4.74 Å². The standard InChI is InChI=1S/C34H34N8O4S/c1-39-17-22(14-27(33(39)44)38-29-7-6-23(15-36-29)40-10-12-41(13-11-40)24-19-46-20-24)30-21(18-43)8-9-35-32(30)42-34(45)31-26(16-37-42)25-4-2-3-5-28(25)47-31/h6-9,14-18,24H,2-5,10-13,19-20H2,1H3,(H,36,38). The van der Waals surface area contributed by atoms with Gasteiger partial charge in [-0.3, -0.25) is 19.3 Å². The maximum atomic E-state index is 13.9. The third-order valence-corrected chi connectivity index (χ3v) is 10.8. The minimum Gasteiger partial charge on any atom is -0.378 e. The summed E-state index contributed by atoms with van der Waals surface area (Å²) < 4.78 is 8.70. The summed E-state index contributed by atoms with van der Waals surface area (Å²) in [6, 6.07) is 7.67. The number of anilines is 3. The molecule has 5 aromatic heterocycles. The Balaban J connectivity index is 1.11. The van der Waals surface area contributed by atoms with Gasteiger partial charge in [0.1, 0.15) is 16.2 Å². The molecule has 2 saturated heterocycles. The van der Waals surface area contributed by atoms with E-state index in [-0.39, 0.29) is 22.6 Å². The topological polar surface area (TPSA) is 127 Å². The van der Waals surface area contributed by atoms with Gasteiger partial charge in [0.2, 0.25) is 0 Å². The van der Waals surface area contributed by atoms with Crippen molar-refractivity contribution < 1.29 is 9.53 Å². The van der Waals surface area contributed by atoms with Crippen LogP contribution in [0.4, 0.5) is 17.2 Å². The number of aromatic nitrogens is 5. The Hall–Kier alpha value is -4.72. The van der Waals surface area contributed by atoms with Crippen LogP contribution in [0.15, 0.2) is 58.6 Å². The zero-order valence-electron chi connectivity index (χ0n) is 26.0. The molecule has 12 nitrogen and oxygen atoms in total. The normalized spacial score (nSPS) is 17.0. The Morgan fingerprint density at radius 1 is 1.00 bits per heavy atom. The van der Waals surface area contributed by atoms with E-state index in [1.807, 2.05) is 18.3 Å². The van der Waals surface area contributed by atoms with Crippen LogP contribution in [0.25, 0.3) is 27.0 Å². The summed E-state index contributed by atoms with van der Waals surface area (Å²) in [6.07, 6.45) is 11.6. The van der Waals surface area contributed by atoms with Crippen molar-refractivity contribution in [2.75, 3.05) is 49.6 Å². The number of carbonyl (C=O) groups excluding carboxylic acids is 1. The van der Waals surface area contributed by atoms with E-state index in [2.05, 4.69) is 30.2 Å². The second-order valence-corrected chi connectivity index (χ2v) is 13.4. The monoisotopic (exact) mass is 650 g/mol. The average molecular weight is 651 g/mol. The molecule has 0 unspecified atom stereocenters. The Labute approximate surface area is 274 Å². The van der Waals surface area contributed by atoms with Crippen molar-refractivity contribution in [1.82, 2.24) is 29.2 Å². The predicted octanol–water partition coefficient (Wildman–Crippen LogP) is 3.56. The fourth-order valence-corrected chi connectivity index (χ4v) is 8.11. The first kappa shape index (κ1) is 29.7. The van der Waals surface area contributed by atoms with Gasteiger partial charge >= 0.3 is 0 Å². The van der Waals surface area contributed by atoms with Crippen LogP contribution in [0.5, 0.6) is 0 Å². The van der Waals surface area contributed by atoms with Crippen molar-refractivity contribution in [3.05, 3.63) is 85.8 Å². The van der Waals surface area contributed by atoms with Crippen LogP contribution in [-0.2, 0) is 24.6 Å². The van der Waals surface area contributed by atoms with Crippen molar-refractivity contribution in [3.8, 4) is 16.9 Å². The van der Waals surface area contributed by atoms with E-state index in [0.717, 1.165) is 82.4 Å². The Morgan fingerprint density at radius 2 is 1.83 bits per heavy atom. The zero-order valence-corrected chi connectivity index (χ0v) is 26.8. The zero-order chi connectivity index (χ0) is 32.1. The number of hydrogen-bond donors (Lipinski definition) is 1. The van der Waals surface area contributed by atoms with Gasteiger partial charge in [-0.2, -0.15) is 9.78 Å². The van der Waals surface area contributed by atoms with Gasteiger partial charge in [-0.25, -0.2) is 9.97 Å². The fraction of sp³-hybridized carbons (Fsp3) is 0.353. The number of rotatable bonds is 7. The molecule has 2 fully saturated rings. The number of pyridine rings is 3. The van der Waals surface area contributed by atoms with Gasteiger partial charge in [-0.05, 0) is 55.5 Å². The summed E-state index contributed by atoms with van der Waals surface area (Å²) in [5.74, 6) is 0.741. The molecule has 13 heteroatoms.